The molecule has 0 fully saturated rings. The standard InChI is InChI=1S/C60H90N2O4/c1-9-17-21-45(13-5)41-63-55-29-49(30-56(33-55)64-42-46(14-6)22-18-10-2)35-61-37-51-25-27-53-39-62(40-54-28-26-52(38-61)59(51)60(53)54)36-50-31-57(65-43-47(15-7)23-19-11-3)34-58(32-50)66-44-48(16-8)24-20-12-4/h25-34,45-48H,9-24,35-44H2,1-8H3. The second-order valence-electron chi connectivity index (χ2n) is 20.3. The molecule has 4 aromatic carbocycles. The van der Waals surface area contributed by atoms with E-state index < -0.39 is 0 Å². The molecule has 0 saturated heterocycles. The lowest BCUT2D eigenvalue weighted by Gasteiger charge is -2.34. The Kier molecular flexibility index (Phi) is 21.4. The molecule has 364 valence electrons. The summed E-state index contributed by atoms with van der Waals surface area (Å²) >= 11 is 0. The molecule has 4 aromatic rings. The Bertz CT molecular complexity index is 1770. The van der Waals surface area contributed by atoms with Gasteiger partial charge in [-0.1, -0.05) is 157 Å². The average Bonchev–Trinajstić information content (AvgIpc) is 3.33. The van der Waals surface area contributed by atoms with E-state index in [0.29, 0.717) is 23.7 Å². The lowest BCUT2D eigenvalue weighted by atomic mass is 9.87. The van der Waals surface area contributed by atoms with Crippen LogP contribution in [-0.4, -0.2) is 36.2 Å². The summed E-state index contributed by atoms with van der Waals surface area (Å²) in [4.78, 5) is 5.22. The van der Waals surface area contributed by atoms with Crippen molar-refractivity contribution in [3.63, 3.8) is 0 Å². The number of hydrogen-bond acceptors (Lipinski definition) is 6. The van der Waals surface area contributed by atoms with E-state index in [0.717, 1.165) is 114 Å². The van der Waals surface area contributed by atoms with Gasteiger partial charge in [-0.2, -0.15) is 0 Å². The Morgan fingerprint density at radius 1 is 0.379 bits per heavy atom. The van der Waals surface area contributed by atoms with Crippen molar-refractivity contribution in [3.8, 4) is 23.0 Å². The van der Waals surface area contributed by atoms with Crippen molar-refractivity contribution in [3.05, 3.63) is 94.0 Å². The van der Waals surface area contributed by atoms with Gasteiger partial charge in [-0.05, 0) is 118 Å². The van der Waals surface area contributed by atoms with Gasteiger partial charge in [0.05, 0.1) is 26.4 Å². The second-order valence-corrected chi connectivity index (χ2v) is 20.3. The lowest BCUT2D eigenvalue weighted by molar-refractivity contribution is 0.218. The Morgan fingerprint density at radius 2 is 0.636 bits per heavy atom. The molecule has 4 atom stereocenters. The highest BCUT2D eigenvalue weighted by Gasteiger charge is 2.27. The number of rotatable bonds is 32. The molecule has 0 aromatic heterocycles. The Labute approximate surface area is 402 Å². The van der Waals surface area contributed by atoms with Crippen LogP contribution in [0.4, 0.5) is 0 Å². The zero-order valence-corrected chi connectivity index (χ0v) is 43.0. The van der Waals surface area contributed by atoms with E-state index in [2.05, 4.69) is 126 Å². The first-order valence-electron chi connectivity index (χ1n) is 27.1. The molecule has 0 bridgehead atoms. The van der Waals surface area contributed by atoms with Crippen molar-refractivity contribution < 1.29 is 18.9 Å². The van der Waals surface area contributed by atoms with Gasteiger partial charge in [0.15, 0.2) is 0 Å². The minimum Gasteiger partial charge on any atom is -0.493 e. The molecule has 0 N–H and O–H groups in total. The zero-order valence-electron chi connectivity index (χ0n) is 43.0. The van der Waals surface area contributed by atoms with Gasteiger partial charge in [-0.25, -0.2) is 0 Å². The molecule has 0 aliphatic carbocycles. The van der Waals surface area contributed by atoms with Crippen LogP contribution in [0.25, 0.3) is 10.8 Å². The SMILES string of the molecule is CCCCC(CC)COc1cc(CN2Cc3ccc4c5c(ccc(c35)C2)CN(Cc2cc(OCC(CC)CCCC)cc(OCC(CC)CCCC)c2)C4)cc(OCC(CC)CCCC)c1. The number of ether oxygens (including phenoxy) is 4. The normalized spacial score (nSPS) is 15.7. The van der Waals surface area contributed by atoms with Crippen LogP contribution in [0.5, 0.6) is 23.0 Å². The van der Waals surface area contributed by atoms with Gasteiger partial charge in [0.2, 0.25) is 0 Å². The number of benzene rings is 4. The molecule has 2 heterocycles. The number of unbranched alkanes of at least 4 members (excludes halogenated alkanes) is 4. The van der Waals surface area contributed by atoms with Crippen molar-refractivity contribution in [2.75, 3.05) is 26.4 Å². The van der Waals surface area contributed by atoms with E-state index >= 15 is 0 Å². The van der Waals surface area contributed by atoms with Crippen LogP contribution in [0.15, 0.2) is 60.7 Å². The minimum atomic E-state index is 0.583. The average molecular weight is 903 g/mol. The van der Waals surface area contributed by atoms with E-state index in [4.69, 9.17) is 18.9 Å². The van der Waals surface area contributed by atoms with Crippen LogP contribution < -0.4 is 18.9 Å². The number of nitrogens with zero attached hydrogens (tertiary/aromatic N) is 2. The summed E-state index contributed by atoms with van der Waals surface area (Å²) < 4.78 is 26.3. The smallest absolute Gasteiger partial charge is 0.123 e. The summed E-state index contributed by atoms with van der Waals surface area (Å²) in [5, 5.41) is 2.98. The van der Waals surface area contributed by atoms with Crippen LogP contribution in [0.3, 0.4) is 0 Å². The lowest BCUT2D eigenvalue weighted by Crippen LogP contribution is -2.29. The van der Waals surface area contributed by atoms with E-state index in [1.807, 2.05) is 0 Å². The maximum absolute atomic E-state index is 6.59. The first kappa shape index (κ1) is 51.6. The highest BCUT2D eigenvalue weighted by atomic mass is 16.5. The molecule has 0 amide bonds. The molecule has 6 heteroatoms. The van der Waals surface area contributed by atoms with Gasteiger partial charge in [-0.15, -0.1) is 0 Å². The third-order valence-electron chi connectivity index (χ3n) is 14.9. The largest absolute Gasteiger partial charge is 0.493 e. The molecule has 2 aliphatic rings. The van der Waals surface area contributed by atoms with E-state index in [1.54, 1.807) is 0 Å². The van der Waals surface area contributed by atoms with Gasteiger partial charge in [0.25, 0.3) is 0 Å². The maximum Gasteiger partial charge on any atom is 0.123 e. The Hall–Kier alpha value is -3.74. The van der Waals surface area contributed by atoms with E-state index in [9.17, 15) is 0 Å². The molecule has 6 rings (SSSR count). The number of hydrogen-bond donors (Lipinski definition) is 0. The monoisotopic (exact) mass is 903 g/mol. The first-order chi connectivity index (χ1) is 32.3. The summed E-state index contributed by atoms with van der Waals surface area (Å²) in [7, 11) is 0. The molecular formula is C60H90N2O4. The van der Waals surface area contributed by atoms with Crippen molar-refractivity contribution in [2.45, 2.75) is 197 Å². The summed E-state index contributed by atoms with van der Waals surface area (Å²) in [5.74, 6) is 6.12. The van der Waals surface area contributed by atoms with Crippen LogP contribution in [0.1, 0.15) is 192 Å². The summed E-state index contributed by atoms with van der Waals surface area (Å²) in [6.45, 7) is 26.8. The molecule has 2 aliphatic heterocycles. The molecule has 0 radical (unpaired) electrons. The van der Waals surface area contributed by atoms with Gasteiger partial charge in [0.1, 0.15) is 23.0 Å². The zero-order chi connectivity index (χ0) is 46.7. The quantitative estimate of drug-likeness (QED) is 0.0486. The highest BCUT2D eigenvalue weighted by Crippen LogP contribution is 2.39. The Balaban J connectivity index is 1.16. The van der Waals surface area contributed by atoms with Crippen LogP contribution in [0.2, 0.25) is 0 Å². The van der Waals surface area contributed by atoms with Gasteiger partial charge in [-0.3, -0.25) is 9.80 Å². The molecule has 66 heavy (non-hydrogen) atoms. The predicted molar refractivity (Wildman–Crippen MR) is 278 cm³/mol. The van der Waals surface area contributed by atoms with Crippen molar-refractivity contribution in [2.24, 2.45) is 23.7 Å². The summed E-state index contributed by atoms with van der Waals surface area (Å²) in [5.41, 5.74) is 8.30. The third-order valence-corrected chi connectivity index (χ3v) is 14.9. The van der Waals surface area contributed by atoms with Crippen molar-refractivity contribution in [1.29, 1.82) is 0 Å². The van der Waals surface area contributed by atoms with Crippen molar-refractivity contribution >= 4 is 10.8 Å². The van der Waals surface area contributed by atoms with E-state index in [-0.39, 0.29) is 0 Å². The fourth-order valence-corrected chi connectivity index (χ4v) is 10.4. The molecular weight excluding hydrogens is 813 g/mol. The molecule has 4 unspecified atom stereocenters. The van der Waals surface area contributed by atoms with Gasteiger partial charge in [0, 0.05) is 51.4 Å². The summed E-state index contributed by atoms with van der Waals surface area (Å²) in [6.07, 6.45) is 19.5. The fourth-order valence-electron chi connectivity index (χ4n) is 10.4. The molecule has 6 nitrogen and oxygen atoms in total. The van der Waals surface area contributed by atoms with Crippen LogP contribution >= 0.6 is 0 Å². The fraction of sp³-hybridized carbons (Fsp3) is 0.633. The second kappa shape index (κ2) is 27.3. The van der Waals surface area contributed by atoms with Crippen molar-refractivity contribution in [1.82, 2.24) is 9.80 Å². The van der Waals surface area contributed by atoms with Crippen LogP contribution in [-0.2, 0) is 39.3 Å². The van der Waals surface area contributed by atoms with E-state index in [1.165, 1.54) is 121 Å². The first-order valence-corrected chi connectivity index (χ1v) is 27.1. The van der Waals surface area contributed by atoms with Gasteiger partial charge < -0.3 is 18.9 Å². The predicted octanol–water partition coefficient (Wildman–Crippen LogP) is 16.3. The van der Waals surface area contributed by atoms with Crippen LogP contribution in [0, 0.1) is 23.7 Å². The molecule has 0 spiro atoms. The topological polar surface area (TPSA) is 43.4 Å². The minimum absolute atomic E-state index is 0.583. The molecule has 0 saturated carbocycles. The Morgan fingerprint density at radius 3 is 0.864 bits per heavy atom. The third kappa shape index (κ3) is 15.1. The maximum atomic E-state index is 6.59. The summed E-state index contributed by atoms with van der Waals surface area (Å²) in [6, 6.07) is 23.1. The van der Waals surface area contributed by atoms with Gasteiger partial charge >= 0.3 is 0 Å². The highest BCUT2D eigenvalue weighted by molar-refractivity contribution is 5.95.